The highest BCUT2D eigenvalue weighted by molar-refractivity contribution is 6.32. The summed E-state index contributed by atoms with van der Waals surface area (Å²) >= 11 is 6.06. The van der Waals surface area contributed by atoms with Crippen molar-refractivity contribution in [3.63, 3.8) is 0 Å². The van der Waals surface area contributed by atoms with Gasteiger partial charge in [-0.25, -0.2) is 5.43 Å². The Morgan fingerprint density at radius 1 is 1.42 bits per heavy atom. The fraction of sp³-hybridized carbons (Fsp3) is 0.200. The number of hydrazone groups is 1. The van der Waals surface area contributed by atoms with E-state index in [4.69, 9.17) is 20.8 Å². The number of carbonyl (C=O) groups is 1. The summed E-state index contributed by atoms with van der Waals surface area (Å²) in [5, 5.41) is 14.7. The molecular formula is C15H14ClN3O5. The van der Waals surface area contributed by atoms with Crippen molar-refractivity contribution in [2.75, 3.05) is 6.61 Å². The summed E-state index contributed by atoms with van der Waals surface area (Å²) in [6, 6.07) is 6.02. The average Bonchev–Trinajstić information content (AvgIpc) is 2.99. The van der Waals surface area contributed by atoms with Crippen molar-refractivity contribution in [3.8, 4) is 5.75 Å². The fourth-order valence-electron chi connectivity index (χ4n) is 1.85. The van der Waals surface area contributed by atoms with Gasteiger partial charge in [-0.3, -0.25) is 14.9 Å². The first kappa shape index (κ1) is 17.5. The number of nitrogens with zero attached hydrogens (tertiary/aromatic N) is 2. The molecule has 126 valence electrons. The van der Waals surface area contributed by atoms with Gasteiger partial charge in [0, 0.05) is 5.02 Å². The molecule has 0 atom stereocenters. The molecule has 0 radical (unpaired) electrons. The maximum absolute atomic E-state index is 11.6. The van der Waals surface area contributed by atoms with Crippen LogP contribution in [0.5, 0.6) is 5.75 Å². The summed E-state index contributed by atoms with van der Waals surface area (Å²) < 4.78 is 10.2. The minimum absolute atomic E-state index is 0.145. The van der Waals surface area contributed by atoms with Gasteiger partial charge in [0.25, 0.3) is 5.91 Å². The number of nitro groups is 1. The van der Waals surface area contributed by atoms with Crippen LogP contribution in [0.15, 0.2) is 33.8 Å². The first-order valence-electron chi connectivity index (χ1n) is 6.82. The van der Waals surface area contributed by atoms with Crippen molar-refractivity contribution >= 4 is 29.6 Å². The van der Waals surface area contributed by atoms with Gasteiger partial charge in [0.2, 0.25) is 0 Å². The molecule has 1 aromatic carbocycles. The zero-order chi connectivity index (χ0) is 17.7. The Morgan fingerprint density at radius 2 is 2.08 bits per heavy atom. The first-order chi connectivity index (χ1) is 11.4. The lowest BCUT2D eigenvalue weighted by molar-refractivity contribution is -0.402. The molecule has 0 fully saturated rings. The minimum atomic E-state index is -0.667. The molecule has 8 nitrogen and oxygen atoms in total. The molecule has 1 aromatic heterocycles. The third kappa shape index (κ3) is 4.56. The van der Waals surface area contributed by atoms with Crippen molar-refractivity contribution in [1.82, 2.24) is 5.43 Å². The van der Waals surface area contributed by atoms with Gasteiger partial charge in [-0.2, -0.15) is 5.10 Å². The lowest BCUT2D eigenvalue weighted by Crippen LogP contribution is -2.24. The van der Waals surface area contributed by atoms with Gasteiger partial charge >= 0.3 is 5.88 Å². The van der Waals surface area contributed by atoms with Crippen LogP contribution in [-0.4, -0.2) is 23.7 Å². The number of carbonyl (C=O) groups excluding carboxylic acids is 1. The number of benzene rings is 1. The highest BCUT2D eigenvalue weighted by Crippen LogP contribution is 2.25. The van der Waals surface area contributed by atoms with Crippen LogP contribution in [0.4, 0.5) is 5.88 Å². The lowest BCUT2D eigenvalue weighted by Gasteiger charge is -2.09. The summed E-state index contributed by atoms with van der Waals surface area (Å²) in [6.07, 6.45) is 1.15. The Morgan fingerprint density at radius 3 is 2.67 bits per heavy atom. The highest BCUT2D eigenvalue weighted by Gasteiger charge is 2.10. The molecule has 1 heterocycles. The van der Waals surface area contributed by atoms with E-state index in [9.17, 15) is 14.9 Å². The van der Waals surface area contributed by atoms with Gasteiger partial charge < -0.3 is 9.15 Å². The molecule has 0 unspecified atom stereocenters. The molecule has 0 bridgehead atoms. The Hall–Kier alpha value is -2.87. The van der Waals surface area contributed by atoms with Crippen LogP contribution in [0.3, 0.4) is 0 Å². The van der Waals surface area contributed by atoms with Crippen molar-refractivity contribution in [1.29, 1.82) is 0 Å². The molecule has 2 aromatic rings. The predicted octanol–water partition coefficient (Wildman–Crippen LogP) is 2.99. The van der Waals surface area contributed by atoms with Crippen molar-refractivity contribution < 1.29 is 18.9 Å². The normalized spacial score (nSPS) is 10.8. The third-order valence-corrected chi connectivity index (χ3v) is 3.55. The van der Waals surface area contributed by atoms with Gasteiger partial charge in [-0.15, -0.1) is 0 Å². The molecule has 0 aliphatic carbocycles. The summed E-state index contributed by atoms with van der Waals surface area (Å²) in [5.74, 6) is -0.223. The van der Waals surface area contributed by atoms with Crippen LogP contribution in [-0.2, 0) is 4.79 Å². The van der Waals surface area contributed by atoms with Gasteiger partial charge in [0.15, 0.2) is 12.4 Å². The number of nitrogens with one attached hydrogen (secondary N) is 1. The second-order valence-corrected chi connectivity index (χ2v) is 5.26. The van der Waals surface area contributed by atoms with E-state index in [2.05, 4.69) is 10.5 Å². The van der Waals surface area contributed by atoms with E-state index in [0.29, 0.717) is 10.8 Å². The highest BCUT2D eigenvalue weighted by atomic mass is 35.5. The molecule has 0 aliphatic heterocycles. The summed E-state index contributed by atoms with van der Waals surface area (Å²) in [7, 11) is 0. The van der Waals surface area contributed by atoms with E-state index in [0.717, 1.165) is 17.3 Å². The molecular weight excluding hydrogens is 338 g/mol. The van der Waals surface area contributed by atoms with E-state index in [-0.39, 0.29) is 12.4 Å². The Balaban J connectivity index is 1.85. The summed E-state index contributed by atoms with van der Waals surface area (Å²) in [4.78, 5) is 21.4. The number of hydrogen-bond donors (Lipinski definition) is 1. The number of amides is 1. The van der Waals surface area contributed by atoms with Gasteiger partial charge in [-0.05, 0) is 43.2 Å². The summed E-state index contributed by atoms with van der Waals surface area (Å²) in [6.45, 7) is 3.44. The van der Waals surface area contributed by atoms with E-state index < -0.39 is 16.7 Å². The maximum Gasteiger partial charge on any atom is 0.433 e. The predicted molar refractivity (Wildman–Crippen MR) is 87.5 cm³/mol. The quantitative estimate of drug-likeness (QED) is 0.489. The Kier molecular flexibility index (Phi) is 5.54. The Labute approximate surface area is 142 Å². The van der Waals surface area contributed by atoms with Crippen molar-refractivity contribution in [2.24, 2.45) is 5.10 Å². The molecule has 1 amide bonds. The number of halogens is 1. The van der Waals surface area contributed by atoms with Crippen LogP contribution >= 0.6 is 11.6 Å². The van der Waals surface area contributed by atoms with Crippen LogP contribution in [0.2, 0.25) is 5.02 Å². The topological polar surface area (TPSA) is 107 Å². The van der Waals surface area contributed by atoms with Crippen LogP contribution < -0.4 is 10.2 Å². The smallest absolute Gasteiger partial charge is 0.433 e. The number of hydrogen-bond acceptors (Lipinski definition) is 6. The second-order valence-electron chi connectivity index (χ2n) is 4.89. The van der Waals surface area contributed by atoms with E-state index in [1.165, 1.54) is 12.1 Å². The zero-order valence-electron chi connectivity index (χ0n) is 12.9. The molecule has 1 N–H and O–H groups in total. The van der Waals surface area contributed by atoms with E-state index in [1.54, 1.807) is 12.1 Å². The van der Waals surface area contributed by atoms with E-state index in [1.807, 2.05) is 13.8 Å². The van der Waals surface area contributed by atoms with E-state index >= 15 is 0 Å². The molecule has 9 heteroatoms. The van der Waals surface area contributed by atoms with Gasteiger partial charge in [-0.1, -0.05) is 11.6 Å². The number of rotatable bonds is 6. The SMILES string of the molecule is Cc1cc(OCC(=O)N/N=C/c2ccc([N+](=O)[O-])o2)cc(C)c1Cl. The number of ether oxygens (including phenoxy) is 1. The maximum atomic E-state index is 11.6. The van der Waals surface area contributed by atoms with Crippen LogP contribution in [0.25, 0.3) is 0 Å². The molecule has 24 heavy (non-hydrogen) atoms. The van der Waals surface area contributed by atoms with Crippen LogP contribution in [0.1, 0.15) is 16.9 Å². The number of furan rings is 1. The lowest BCUT2D eigenvalue weighted by atomic mass is 10.1. The average molecular weight is 352 g/mol. The minimum Gasteiger partial charge on any atom is -0.484 e. The molecule has 0 aliphatic rings. The molecule has 0 saturated heterocycles. The fourth-order valence-corrected chi connectivity index (χ4v) is 1.96. The number of aryl methyl sites for hydroxylation is 2. The van der Waals surface area contributed by atoms with Crippen molar-refractivity contribution in [2.45, 2.75) is 13.8 Å². The zero-order valence-corrected chi connectivity index (χ0v) is 13.7. The van der Waals surface area contributed by atoms with Gasteiger partial charge in [0.05, 0.1) is 12.3 Å². The van der Waals surface area contributed by atoms with Gasteiger partial charge in [0.1, 0.15) is 10.7 Å². The monoisotopic (exact) mass is 351 g/mol. The molecule has 2 rings (SSSR count). The molecule has 0 saturated carbocycles. The Bertz CT molecular complexity index is 777. The largest absolute Gasteiger partial charge is 0.484 e. The summed E-state index contributed by atoms with van der Waals surface area (Å²) in [5.41, 5.74) is 3.93. The standard InChI is InChI=1S/C15H14ClN3O5/c1-9-5-12(6-10(2)15(9)16)23-8-13(20)18-17-7-11-3-4-14(24-11)19(21)22/h3-7H,8H2,1-2H3,(H,18,20)/b17-7+. The van der Waals surface area contributed by atoms with Crippen LogP contribution in [0, 0.1) is 24.0 Å². The first-order valence-corrected chi connectivity index (χ1v) is 7.20. The molecule has 0 spiro atoms. The third-order valence-electron chi connectivity index (χ3n) is 2.95. The second kappa shape index (κ2) is 7.60. The van der Waals surface area contributed by atoms with Crippen molar-refractivity contribution in [3.05, 3.63) is 56.3 Å².